The lowest BCUT2D eigenvalue weighted by molar-refractivity contribution is 0.0472. The average Bonchev–Trinajstić information content (AvgIpc) is 3.21. The van der Waals surface area contributed by atoms with Crippen LogP contribution in [0.5, 0.6) is 0 Å². The number of aryl methyl sites for hydroxylation is 1. The summed E-state index contributed by atoms with van der Waals surface area (Å²) >= 11 is 7.91. The average molecular weight is 398 g/mol. The molecular weight excluding hydrogens is 382 g/mol. The first-order valence-corrected chi connectivity index (χ1v) is 9.59. The second kappa shape index (κ2) is 7.50. The Morgan fingerprint density at radius 1 is 1.15 bits per heavy atom. The number of hydrogen-bond donors (Lipinski definition) is 0. The highest BCUT2D eigenvalue weighted by atomic mass is 35.5. The first-order valence-electron chi connectivity index (χ1n) is 8.40. The summed E-state index contributed by atoms with van der Waals surface area (Å²) in [4.78, 5) is 17.0. The Labute approximate surface area is 165 Å². The normalized spacial score (nSPS) is 11.0. The maximum atomic E-state index is 12.6. The summed E-state index contributed by atoms with van der Waals surface area (Å²) in [5.74, 6) is -0.490. The van der Waals surface area contributed by atoms with Crippen molar-refractivity contribution < 1.29 is 9.53 Å². The van der Waals surface area contributed by atoms with Crippen LogP contribution in [0.3, 0.4) is 0 Å². The zero-order valence-electron chi connectivity index (χ0n) is 14.6. The number of fused-ring (bicyclic) bond motifs is 1. The molecule has 4 rings (SSSR count). The molecule has 0 aliphatic carbocycles. The van der Waals surface area contributed by atoms with Crippen molar-refractivity contribution in [3.8, 4) is 0 Å². The highest BCUT2D eigenvalue weighted by Crippen LogP contribution is 2.25. The summed E-state index contributed by atoms with van der Waals surface area (Å²) in [6.45, 7) is 2.35. The maximum absolute atomic E-state index is 12.6. The highest BCUT2D eigenvalue weighted by Gasteiger charge is 2.22. The predicted molar refractivity (Wildman–Crippen MR) is 106 cm³/mol. The molecule has 0 saturated heterocycles. The minimum Gasteiger partial charge on any atom is -0.455 e. The maximum Gasteiger partial charge on any atom is 0.343 e. The van der Waals surface area contributed by atoms with E-state index in [1.54, 1.807) is 11.6 Å². The molecule has 5 nitrogen and oxygen atoms in total. The van der Waals surface area contributed by atoms with Crippen molar-refractivity contribution >= 4 is 39.1 Å². The monoisotopic (exact) mass is 397 g/mol. The number of nitrogens with zero attached hydrogens (tertiary/aromatic N) is 3. The highest BCUT2D eigenvalue weighted by molar-refractivity contribution is 7.18. The van der Waals surface area contributed by atoms with Gasteiger partial charge in [-0.25, -0.2) is 14.5 Å². The van der Waals surface area contributed by atoms with E-state index in [-0.39, 0.29) is 11.8 Å². The number of hydrogen-bond acceptors (Lipinski definition) is 5. The van der Waals surface area contributed by atoms with Crippen LogP contribution in [0, 0.1) is 6.92 Å². The predicted octanol–water partition coefficient (Wildman–Crippen LogP) is 4.86. The fourth-order valence-electron chi connectivity index (χ4n) is 2.83. The number of esters is 1. The molecule has 0 amide bonds. The van der Waals surface area contributed by atoms with Gasteiger partial charge in [0.25, 0.3) is 0 Å². The van der Waals surface area contributed by atoms with E-state index in [1.165, 1.54) is 11.3 Å². The van der Waals surface area contributed by atoms with E-state index in [0.29, 0.717) is 17.8 Å². The number of carbonyl (C=O) groups is 1. The van der Waals surface area contributed by atoms with Crippen LogP contribution in [0.25, 0.3) is 10.2 Å². The molecule has 2 aromatic carbocycles. The lowest BCUT2D eigenvalue weighted by Gasteiger charge is -2.04. The Balaban J connectivity index is 1.49. The Morgan fingerprint density at radius 3 is 2.67 bits per heavy atom. The van der Waals surface area contributed by atoms with Gasteiger partial charge in [-0.1, -0.05) is 54.1 Å². The number of aromatic nitrogens is 3. The van der Waals surface area contributed by atoms with Gasteiger partial charge in [-0.3, -0.25) is 0 Å². The van der Waals surface area contributed by atoms with Crippen LogP contribution in [-0.4, -0.2) is 20.7 Å². The van der Waals surface area contributed by atoms with E-state index in [2.05, 4.69) is 10.1 Å². The van der Waals surface area contributed by atoms with Gasteiger partial charge in [-0.2, -0.15) is 5.10 Å². The Bertz CT molecular complexity index is 1070. The molecule has 27 heavy (non-hydrogen) atoms. The Hall–Kier alpha value is -2.70. The Kier molecular flexibility index (Phi) is 4.92. The van der Waals surface area contributed by atoms with Gasteiger partial charge >= 0.3 is 5.97 Å². The van der Waals surface area contributed by atoms with Gasteiger partial charge in [0.05, 0.1) is 22.5 Å². The molecule has 2 heterocycles. The molecule has 4 aromatic rings. The number of benzene rings is 2. The molecule has 0 saturated carbocycles. The summed E-state index contributed by atoms with van der Waals surface area (Å²) in [5.41, 5.74) is 2.80. The van der Waals surface area contributed by atoms with Gasteiger partial charge in [0.2, 0.25) is 0 Å². The number of thiazole rings is 1. The first-order chi connectivity index (χ1) is 13.1. The summed E-state index contributed by atoms with van der Waals surface area (Å²) in [7, 11) is 0. The molecule has 0 N–H and O–H groups in total. The van der Waals surface area contributed by atoms with E-state index < -0.39 is 5.97 Å². The quantitative estimate of drug-likeness (QED) is 0.451. The lowest BCUT2D eigenvalue weighted by Crippen LogP contribution is -2.07. The van der Waals surface area contributed by atoms with Gasteiger partial charge in [0.1, 0.15) is 22.3 Å². The van der Waals surface area contributed by atoms with Gasteiger partial charge in [-0.05, 0) is 24.6 Å². The van der Waals surface area contributed by atoms with Crippen LogP contribution in [0.15, 0.2) is 54.6 Å². The van der Waals surface area contributed by atoms with Gasteiger partial charge in [-0.15, -0.1) is 11.3 Å². The molecule has 0 atom stereocenters. The second-order valence-corrected chi connectivity index (χ2v) is 7.52. The summed E-state index contributed by atoms with van der Waals surface area (Å²) < 4.78 is 8.12. The van der Waals surface area contributed by atoms with Crippen molar-refractivity contribution in [3.63, 3.8) is 0 Å². The first kappa shape index (κ1) is 17.7. The Morgan fingerprint density at radius 2 is 1.89 bits per heavy atom. The number of para-hydroxylation sites is 1. The van der Waals surface area contributed by atoms with Gasteiger partial charge < -0.3 is 4.74 Å². The second-order valence-electron chi connectivity index (χ2n) is 6.05. The molecule has 136 valence electrons. The fourth-order valence-corrected chi connectivity index (χ4v) is 4.02. The number of ether oxygens (including phenoxy) is 1. The zero-order chi connectivity index (χ0) is 18.8. The van der Waals surface area contributed by atoms with Crippen molar-refractivity contribution in [2.75, 3.05) is 0 Å². The molecule has 0 spiro atoms. The third-order valence-electron chi connectivity index (χ3n) is 4.11. The van der Waals surface area contributed by atoms with E-state index >= 15 is 0 Å². The zero-order valence-corrected chi connectivity index (χ0v) is 16.1. The van der Waals surface area contributed by atoms with Crippen molar-refractivity contribution in [2.24, 2.45) is 0 Å². The van der Waals surface area contributed by atoms with Crippen LogP contribution in [0.1, 0.15) is 26.6 Å². The topological polar surface area (TPSA) is 57.0 Å². The van der Waals surface area contributed by atoms with Gasteiger partial charge in [0, 0.05) is 0 Å². The van der Waals surface area contributed by atoms with Gasteiger partial charge in [0.15, 0.2) is 0 Å². The molecule has 0 bridgehead atoms. The van der Waals surface area contributed by atoms with Crippen molar-refractivity contribution in [1.82, 2.24) is 14.8 Å². The number of rotatable bonds is 5. The van der Waals surface area contributed by atoms with E-state index in [1.807, 2.05) is 54.6 Å². The fraction of sp³-hybridized carbons (Fsp3) is 0.150. The largest absolute Gasteiger partial charge is 0.455 e. The molecule has 0 unspecified atom stereocenters. The lowest BCUT2D eigenvalue weighted by atomic mass is 10.2. The van der Waals surface area contributed by atoms with Crippen molar-refractivity contribution in [3.05, 3.63) is 81.6 Å². The molecule has 0 fully saturated rings. The number of carbonyl (C=O) groups excluding carboxylic acids is 1. The van der Waals surface area contributed by atoms with E-state index in [9.17, 15) is 4.79 Å². The molecule has 0 aliphatic heterocycles. The van der Waals surface area contributed by atoms with E-state index in [0.717, 1.165) is 20.8 Å². The third-order valence-corrected chi connectivity index (χ3v) is 5.50. The summed E-state index contributed by atoms with van der Waals surface area (Å²) in [6, 6.07) is 17.6. The van der Waals surface area contributed by atoms with E-state index in [4.69, 9.17) is 16.3 Å². The van der Waals surface area contributed by atoms with Crippen LogP contribution in [0.4, 0.5) is 0 Å². The SMILES string of the molecule is Cc1nn(Cc2ccccc2)c(Cl)c1C(=O)OCc1nc2ccccc2s1. The smallest absolute Gasteiger partial charge is 0.343 e. The molecule has 7 heteroatoms. The minimum atomic E-state index is -0.490. The van der Waals surface area contributed by atoms with Crippen LogP contribution < -0.4 is 0 Å². The standard InChI is InChI=1S/C20H16ClN3O2S/c1-13-18(19(21)24(23-13)11-14-7-3-2-4-8-14)20(25)26-12-17-22-15-9-5-6-10-16(15)27-17/h2-10H,11-12H2,1H3. The van der Waals surface area contributed by atoms with Crippen LogP contribution >= 0.6 is 22.9 Å². The van der Waals surface area contributed by atoms with Crippen molar-refractivity contribution in [1.29, 1.82) is 0 Å². The summed E-state index contributed by atoms with van der Waals surface area (Å²) in [6.07, 6.45) is 0. The molecule has 0 aliphatic rings. The minimum absolute atomic E-state index is 0.109. The molecular formula is C20H16ClN3O2S. The molecule has 0 radical (unpaired) electrons. The summed E-state index contributed by atoms with van der Waals surface area (Å²) in [5, 5.41) is 5.42. The third kappa shape index (κ3) is 3.72. The van der Waals surface area contributed by atoms with Crippen molar-refractivity contribution in [2.45, 2.75) is 20.1 Å². The van der Waals surface area contributed by atoms with Crippen LogP contribution in [-0.2, 0) is 17.9 Å². The van der Waals surface area contributed by atoms with Crippen LogP contribution in [0.2, 0.25) is 5.15 Å². The number of halogens is 1. The molecule has 2 aromatic heterocycles.